The molecule has 0 unspecified atom stereocenters. The highest BCUT2D eigenvalue weighted by Crippen LogP contribution is 2.12. The number of aryl methyl sites for hydroxylation is 1. The van der Waals surface area contributed by atoms with Crippen molar-refractivity contribution in [1.29, 1.82) is 0 Å². The van der Waals surface area contributed by atoms with Crippen LogP contribution in [0.3, 0.4) is 0 Å². The van der Waals surface area contributed by atoms with E-state index in [0.717, 1.165) is 22.4 Å². The Morgan fingerprint density at radius 1 is 1.12 bits per heavy atom. The zero-order valence-corrected chi connectivity index (χ0v) is 8.70. The molecule has 0 spiro atoms. The van der Waals surface area contributed by atoms with Crippen molar-refractivity contribution >= 4 is 11.0 Å². The first kappa shape index (κ1) is 8.96. The molecule has 3 aromatic heterocycles. The van der Waals surface area contributed by atoms with E-state index in [1.54, 1.807) is 17.1 Å². The number of fused-ring (bicyclic) bond motifs is 1. The average molecular weight is 211 g/mol. The van der Waals surface area contributed by atoms with E-state index < -0.39 is 0 Å². The fraction of sp³-hybridized carbons (Fsp3) is 0.0909. The minimum atomic E-state index is 0.763. The SMILES string of the molecule is Cc1ccc(-n2nnc3cnccc32)nc1. The number of nitrogens with zero attached hydrogens (tertiary/aromatic N) is 5. The molecule has 16 heavy (non-hydrogen) atoms. The maximum atomic E-state index is 4.31. The Hall–Kier alpha value is -2.30. The van der Waals surface area contributed by atoms with Gasteiger partial charge in [-0.25, -0.2) is 4.98 Å². The molecule has 0 atom stereocenters. The van der Waals surface area contributed by atoms with Crippen molar-refractivity contribution < 1.29 is 0 Å². The van der Waals surface area contributed by atoms with Crippen LogP contribution in [0.15, 0.2) is 36.8 Å². The van der Waals surface area contributed by atoms with Gasteiger partial charge >= 0.3 is 0 Å². The third-order valence-corrected chi connectivity index (χ3v) is 2.36. The summed E-state index contributed by atoms with van der Waals surface area (Å²) in [7, 11) is 0. The highest BCUT2D eigenvalue weighted by Gasteiger charge is 2.06. The summed E-state index contributed by atoms with van der Waals surface area (Å²) in [5, 5.41) is 8.09. The van der Waals surface area contributed by atoms with Gasteiger partial charge in [0.2, 0.25) is 0 Å². The Bertz CT molecular complexity index is 626. The van der Waals surface area contributed by atoms with Crippen molar-refractivity contribution in [2.24, 2.45) is 0 Å². The molecule has 0 aromatic carbocycles. The van der Waals surface area contributed by atoms with Crippen LogP contribution in [0, 0.1) is 6.92 Å². The Labute approximate surface area is 91.8 Å². The largest absolute Gasteiger partial charge is 0.262 e. The zero-order valence-electron chi connectivity index (χ0n) is 8.70. The topological polar surface area (TPSA) is 56.5 Å². The molecule has 0 fully saturated rings. The van der Waals surface area contributed by atoms with Crippen molar-refractivity contribution in [3.8, 4) is 5.82 Å². The quantitative estimate of drug-likeness (QED) is 0.612. The van der Waals surface area contributed by atoms with Crippen LogP contribution in [0.1, 0.15) is 5.56 Å². The standard InChI is InChI=1S/C11H9N5/c1-8-2-3-11(13-6-8)16-10-4-5-12-7-9(10)14-15-16/h2-7H,1H3. The number of hydrogen-bond acceptors (Lipinski definition) is 4. The zero-order chi connectivity index (χ0) is 11.0. The van der Waals surface area contributed by atoms with Crippen LogP contribution in [0.4, 0.5) is 0 Å². The molecule has 0 bridgehead atoms. The van der Waals surface area contributed by atoms with Gasteiger partial charge in [-0.3, -0.25) is 4.98 Å². The molecular formula is C11H9N5. The Kier molecular flexibility index (Phi) is 1.89. The van der Waals surface area contributed by atoms with Crippen molar-refractivity contribution in [1.82, 2.24) is 25.0 Å². The van der Waals surface area contributed by atoms with Gasteiger partial charge in [-0.15, -0.1) is 5.10 Å². The maximum Gasteiger partial charge on any atom is 0.155 e. The van der Waals surface area contributed by atoms with E-state index in [1.807, 2.05) is 31.3 Å². The molecular weight excluding hydrogens is 202 g/mol. The minimum Gasteiger partial charge on any atom is -0.262 e. The lowest BCUT2D eigenvalue weighted by atomic mass is 10.3. The predicted octanol–water partition coefficient (Wildman–Crippen LogP) is 1.52. The summed E-state index contributed by atoms with van der Waals surface area (Å²) in [6, 6.07) is 5.79. The van der Waals surface area contributed by atoms with Gasteiger partial charge < -0.3 is 0 Å². The predicted molar refractivity (Wildman–Crippen MR) is 59.2 cm³/mol. The van der Waals surface area contributed by atoms with Crippen LogP contribution < -0.4 is 0 Å². The fourth-order valence-corrected chi connectivity index (χ4v) is 1.53. The Morgan fingerprint density at radius 2 is 2.06 bits per heavy atom. The molecule has 0 saturated heterocycles. The molecule has 0 saturated carbocycles. The van der Waals surface area contributed by atoms with E-state index in [2.05, 4.69) is 20.3 Å². The van der Waals surface area contributed by atoms with Gasteiger partial charge in [-0.05, 0) is 24.6 Å². The maximum absolute atomic E-state index is 4.31. The number of aromatic nitrogens is 5. The monoisotopic (exact) mass is 211 g/mol. The normalized spacial score (nSPS) is 10.8. The van der Waals surface area contributed by atoms with Gasteiger partial charge in [0.05, 0.1) is 11.7 Å². The summed E-state index contributed by atoms with van der Waals surface area (Å²) in [5.41, 5.74) is 2.80. The smallest absolute Gasteiger partial charge is 0.155 e. The van der Waals surface area contributed by atoms with Crippen molar-refractivity contribution in [2.45, 2.75) is 6.92 Å². The number of pyridine rings is 2. The summed E-state index contributed by atoms with van der Waals surface area (Å²) in [4.78, 5) is 8.31. The van der Waals surface area contributed by atoms with Crippen LogP contribution in [-0.2, 0) is 0 Å². The van der Waals surface area contributed by atoms with Gasteiger partial charge in [0, 0.05) is 12.4 Å². The van der Waals surface area contributed by atoms with Gasteiger partial charge in [0.1, 0.15) is 5.52 Å². The van der Waals surface area contributed by atoms with Crippen LogP contribution in [-0.4, -0.2) is 25.0 Å². The molecule has 0 aliphatic rings. The van der Waals surface area contributed by atoms with Crippen LogP contribution in [0.5, 0.6) is 0 Å². The summed E-state index contributed by atoms with van der Waals surface area (Å²) >= 11 is 0. The molecule has 5 heteroatoms. The van der Waals surface area contributed by atoms with Crippen molar-refractivity contribution in [3.63, 3.8) is 0 Å². The molecule has 3 rings (SSSR count). The highest BCUT2D eigenvalue weighted by atomic mass is 15.4. The van der Waals surface area contributed by atoms with Crippen LogP contribution in [0.2, 0.25) is 0 Å². The first-order chi connectivity index (χ1) is 7.84. The molecule has 0 N–H and O–H groups in total. The first-order valence-corrected chi connectivity index (χ1v) is 4.93. The third kappa shape index (κ3) is 1.33. The second-order valence-corrected chi connectivity index (χ2v) is 3.56. The lowest BCUT2D eigenvalue weighted by Crippen LogP contribution is -1.99. The second-order valence-electron chi connectivity index (χ2n) is 3.56. The minimum absolute atomic E-state index is 0.763. The molecule has 3 aromatic rings. The average Bonchev–Trinajstić information content (AvgIpc) is 2.74. The lowest BCUT2D eigenvalue weighted by molar-refractivity contribution is 0.800. The molecule has 0 aliphatic heterocycles. The van der Waals surface area contributed by atoms with Gasteiger partial charge in [-0.2, -0.15) is 4.68 Å². The number of hydrogen-bond donors (Lipinski definition) is 0. The molecule has 0 amide bonds. The summed E-state index contributed by atoms with van der Waals surface area (Å²) in [6.07, 6.45) is 5.22. The second kappa shape index (κ2) is 3.37. The van der Waals surface area contributed by atoms with Crippen LogP contribution >= 0.6 is 0 Å². The summed E-state index contributed by atoms with van der Waals surface area (Å²) < 4.78 is 1.70. The van der Waals surface area contributed by atoms with E-state index in [9.17, 15) is 0 Å². The van der Waals surface area contributed by atoms with Crippen molar-refractivity contribution in [2.75, 3.05) is 0 Å². The molecule has 5 nitrogen and oxygen atoms in total. The van der Waals surface area contributed by atoms with Crippen molar-refractivity contribution in [3.05, 3.63) is 42.4 Å². The molecule has 78 valence electrons. The van der Waals surface area contributed by atoms with Gasteiger partial charge in [-0.1, -0.05) is 11.3 Å². The van der Waals surface area contributed by atoms with Crippen LogP contribution in [0.25, 0.3) is 16.9 Å². The third-order valence-electron chi connectivity index (χ3n) is 2.36. The molecule has 0 radical (unpaired) electrons. The first-order valence-electron chi connectivity index (χ1n) is 4.93. The molecule has 0 aliphatic carbocycles. The van der Waals surface area contributed by atoms with E-state index >= 15 is 0 Å². The van der Waals surface area contributed by atoms with E-state index in [1.165, 1.54) is 0 Å². The molecule has 3 heterocycles. The highest BCUT2D eigenvalue weighted by molar-refractivity contribution is 5.74. The van der Waals surface area contributed by atoms with Gasteiger partial charge in [0.15, 0.2) is 5.82 Å². The van der Waals surface area contributed by atoms with E-state index in [-0.39, 0.29) is 0 Å². The van der Waals surface area contributed by atoms with E-state index in [4.69, 9.17) is 0 Å². The lowest BCUT2D eigenvalue weighted by Gasteiger charge is -2.00. The van der Waals surface area contributed by atoms with Gasteiger partial charge in [0.25, 0.3) is 0 Å². The summed E-state index contributed by atoms with van der Waals surface area (Å²) in [6.45, 7) is 2.00. The Balaban J connectivity index is 2.22. The number of rotatable bonds is 1. The Morgan fingerprint density at radius 3 is 2.88 bits per heavy atom. The van der Waals surface area contributed by atoms with E-state index in [0.29, 0.717) is 0 Å². The summed E-state index contributed by atoms with van der Waals surface area (Å²) in [5.74, 6) is 0.763. The fourth-order valence-electron chi connectivity index (χ4n) is 1.53.